The number of hydrogen-bond donors (Lipinski definition) is 0. The second-order valence-electron chi connectivity index (χ2n) is 2.54. The van der Waals surface area contributed by atoms with Crippen LogP contribution in [-0.2, 0) is 0 Å². The van der Waals surface area contributed by atoms with Gasteiger partial charge < -0.3 is 0 Å². The van der Waals surface area contributed by atoms with Crippen LogP contribution in [0.3, 0.4) is 0 Å². The molecule has 0 nitrogen and oxygen atoms in total. The molecule has 0 atom stereocenters. The Morgan fingerprint density at radius 3 is 0.714 bits per heavy atom. The minimum Gasteiger partial charge on any atom is -0.0814 e. The molecular weight excluding hydrogens is 560 g/mol. The van der Waals surface area contributed by atoms with Gasteiger partial charge >= 0.3 is 0 Å². The summed E-state index contributed by atoms with van der Waals surface area (Å²) in [6.45, 7) is 0. The van der Waals surface area contributed by atoms with Gasteiger partial charge in [-0.1, -0.05) is 70.6 Å². The lowest BCUT2D eigenvalue weighted by Gasteiger charge is -2.60. The van der Waals surface area contributed by atoms with Gasteiger partial charge in [-0.2, -0.15) is 0 Å². The van der Waals surface area contributed by atoms with E-state index >= 15 is 0 Å². The van der Waals surface area contributed by atoms with Gasteiger partial charge in [-0.05, 0) is 63.7 Å². The van der Waals surface area contributed by atoms with E-state index in [2.05, 4.69) is 63.7 Å². The maximum absolute atomic E-state index is 3.82. The maximum Gasteiger partial charge on any atom is 0.171 e. The Bertz CT molecular complexity index is 215. The Hall–Kier alpha value is 4.02. The van der Waals surface area contributed by atoms with Gasteiger partial charge in [-0.3, -0.25) is 0 Å². The third-order valence-corrected chi connectivity index (χ3v) is 16.2. The quantitative estimate of drug-likeness (QED) is 0.311. The lowest BCUT2D eigenvalue weighted by molar-refractivity contribution is 1.60. The molecule has 0 N–H and O–H groups in total. The number of rotatable bonds is 0. The van der Waals surface area contributed by atoms with Crippen molar-refractivity contribution in [3.63, 3.8) is 0 Å². The number of halogens is 4. The van der Waals surface area contributed by atoms with Gasteiger partial charge in [-0.25, -0.2) is 0 Å². The first-order valence-corrected chi connectivity index (χ1v) is 11.3. The second kappa shape index (κ2) is 3.77. The zero-order chi connectivity index (χ0) is 10.2. The molecule has 0 aromatic carbocycles. The molecule has 4 aliphatic heterocycles. The Balaban J connectivity index is 2.08. The molecule has 80 valence electrons. The summed E-state index contributed by atoms with van der Waals surface area (Å²) >= 11 is 26.8. The van der Waals surface area contributed by atoms with Gasteiger partial charge in [0.2, 0.25) is 0 Å². The van der Waals surface area contributed by atoms with E-state index in [9.17, 15) is 0 Å². The molecule has 0 spiro atoms. The smallest absolute Gasteiger partial charge is 0.0814 e. The molecule has 14 heavy (non-hydrogen) atoms. The maximum atomic E-state index is 3.82. The average Bonchev–Trinajstić information content (AvgIpc) is 1.67. The van der Waals surface area contributed by atoms with Crippen LogP contribution >= 0.6 is 134 Å². The van der Waals surface area contributed by atoms with E-state index in [-0.39, 0.29) is 9.28 Å². The van der Waals surface area contributed by atoms with Gasteiger partial charge in [0, 0.05) is 0 Å². The Kier molecular flexibility index (Phi) is 3.51. The summed E-state index contributed by atoms with van der Waals surface area (Å²) in [7, 11) is 0. The van der Waals surface area contributed by atoms with Crippen LogP contribution < -0.4 is 0 Å². The minimum atomic E-state index is 0.0469. The van der Waals surface area contributed by atoms with E-state index in [0.717, 1.165) is 0 Å². The molecule has 0 aromatic heterocycles. The summed E-state index contributed by atoms with van der Waals surface area (Å²) in [6.07, 6.45) is 0. The van der Waals surface area contributed by atoms with E-state index in [1.807, 2.05) is 70.6 Å². The van der Waals surface area contributed by atoms with Gasteiger partial charge in [0.25, 0.3) is 0 Å². The molecule has 0 amide bonds. The van der Waals surface area contributed by atoms with E-state index in [1.54, 1.807) is 0 Å². The van der Waals surface area contributed by atoms with Crippen LogP contribution in [0, 0.1) is 0 Å². The average molecular weight is 560 g/mol. The van der Waals surface area contributed by atoms with Crippen molar-refractivity contribution in [2.45, 2.75) is 9.28 Å². The van der Waals surface area contributed by atoms with Crippen molar-refractivity contribution in [2.24, 2.45) is 0 Å². The van der Waals surface area contributed by atoms with E-state index in [4.69, 9.17) is 0 Å². The first-order chi connectivity index (χ1) is 6.24. The molecule has 10 heteroatoms. The molecule has 0 unspecified atom stereocenters. The fourth-order valence-electron chi connectivity index (χ4n) is 1.12. The van der Waals surface area contributed by atoms with Crippen LogP contribution in [0.5, 0.6) is 0 Å². The highest BCUT2D eigenvalue weighted by atomic mass is 79.9. The second-order valence-corrected chi connectivity index (χ2v) is 25.3. The van der Waals surface area contributed by atoms with Crippen LogP contribution in [0.4, 0.5) is 0 Å². The van der Waals surface area contributed by atoms with Crippen molar-refractivity contribution in [2.75, 3.05) is 0 Å². The number of thioether (sulfide) groups is 6. The zero-order valence-electron chi connectivity index (χ0n) is 5.96. The van der Waals surface area contributed by atoms with Gasteiger partial charge in [-0.15, -0.1) is 0 Å². The van der Waals surface area contributed by atoms with Crippen LogP contribution in [-0.4, -0.2) is 9.28 Å². The van der Waals surface area contributed by atoms with Crippen molar-refractivity contribution in [3.05, 3.63) is 0 Å². The Labute approximate surface area is 141 Å². The fourth-order valence-corrected chi connectivity index (χ4v) is 38.0. The van der Waals surface area contributed by atoms with E-state index < -0.39 is 0 Å². The third-order valence-electron chi connectivity index (χ3n) is 1.46. The molecule has 4 heterocycles. The lowest BCUT2D eigenvalue weighted by atomic mass is 11.7. The topological polar surface area (TPSA) is 0 Å². The highest BCUT2D eigenvalue weighted by Crippen LogP contribution is 2.93. The molecule has 4 bridgehead atoms. The Morgan fingerprint density at radius 2 is 0.571 bits per heavy atom. The highest BCUT2D eigenvalue weighted by Gasteiger charge is 2.70. The number of alkyl halides is 4. The van der Waals surface area contributed by atoms with E-state index in [0.29, 0.717) is 0 Å². The predicted molar refractivity (Wildman–Crippen MR) is 92.2 cm³/mol. The zero-order valence-corrected chi connectivity index (χ0v) is 17.2. The summed E-state index contributed by atoms with van der Waals surface area (Å²) in [4.78, 5) is 0. The monoisotopic (exact) mass is 556 g/mol. The molecule has 0 aromatic rings. The van der Waals surface area contributed by atoms with Crippen LogP contribution in [0.25, 0.3) is 0 Å². The summed E-state index contributed by atoms with van der Waals surface area (Å²) < 4.78 is 0.188. The molecule has 0 aliphatic carbocycles. The lowest BCUT2D eigenvalue weighted by Crippen LogP contribution is -2.45. The fraction of sp³-hybridized carbons (Fsp3) is 1.00. The SMILES string of the molecule is BrC12SC3(Br)SC(Br)(S1)SC(Br)(S2)S3. The predicted octanol–water partition coefficient (Wildman–Crippen LogP) is 6.45. The normalized spacial score (nSPS) is 66.0. The van der Waals surface area contributed by atoms with Gasteiger partial charge in [0.15, 0.2) is 9.28 Å². The summed E-state index contributed by atoms with van der Waals surface area (Å²) in [5, 5.41) is 0. The summed E-state index contributed by atoms with van der Waals surface area (Å²) in [5.41, 5.74) is 0. The summed E-state index contributed by atoms with van der Waals surface area (Å²) in [5.74, 6) is 0. The molecule has 4 aliphatic rings. The molecule has 4 saturated heterocycles. The Morgan fingerprint density at radius 1 is 0.429 bits per heavy atom. The van der Waals surface area contributed by atoms with Crippen molar-refractivity contribution in [1.29, 1.82) is 0 Å². The van der Waals surface area contributed by atoms with Crippen molar-refractivity contribution < 1.29 is 0 Å². The standard InChI is InChI=1S/C4Br4S6/c5-1-9-2(6)12-3(7,10-1)14-4(8,11-1)13-2. The van der Waals surface area contributed by atoms with Crippen molar-refractivity contribution in [1.82, 2.24) is 0 Å². The summed E-state index contributed by atoms with van der Waals surface area (Å²) in [6, 6.07) is 0. The van der Waals surface area contributed by atoms with Crippen LogP contribution in [0.1, 0.15) is 0 Å². The van der Waals surface area contributed by atoms with Gasteiger partial charge in [0.05, 0.1) is 0 Å². The van der Waals surface area contributed by atoms with Crippen molar-refractivity contribution >= 4 is 134 Å². The highest BCUT2D eigenvalue weighted by molar-refractivity contribution is 9.27. The van der Waals surface area contributed by atoms with Crippen LogP contribution in [0.2, 0.25) is 0 Å². The molecule has 4 rings (SSSR count). The van der Waals surface area contributed by atoms with Crippen LogP contribution in [0.15, 0.2) is 0 Å². The largest absolute Gasteiger partial charge is 0.171 e. The molecular formula is C4Br4S6. The first-order valence-electron chi connectivity index (χ1n) is 3.21. The van der Waals surface area contributed by atoms with Gasteiger partial charge in [0.1, 0.15) is 0 Å². The first kappa shape index (κ1) is 13.0. The van der Waals surface area contributed by atoms with Crippen molar-refractivity contribution in [3.8, 4) is 0 Å². The number of hydrogen-bond acceptors (Lipinski definition) is 6. The third kappa shape index (κ3) is 2.26. The molecule has 0 saturated carbocycles. The van der Waals surface area contributed by atoms with E-state index in [1.165, 1.54) is 0 Å². The minimum absolute atomic E-state index is 0.0469. The molecule has 0 radical (unpaired) electrons. The molecule has 4 fully saturated rings.